The standard InChI is InChI=1S/C15H16N2O3/c1-2-3-11(18)16-17-14(19)12-7-4-5-8(10-6-9(7)10)13(12)15(17)20/h2-5,7-10,19-20H,6H2,1H3,(H,16,18)/b3-2+. The number of hydrogen-bond donors (Lipinski definition) is 3. The molecular weight excluding hydrogens is 256 g/mol. The summed E-state index contributed by atoms with van der Waals surface area (Å²) in [7, 11) is 0. The normalized spacial score (nSPS) is 32.2. The van der Waals surface area contributed by atoms with Crippen LogP contribution in [0.25, 0.3) is 0 Å². The monoisotopic (exact) mass is 272 g/mol. The molecule has 2 bridgehead atoms. The fraction of sp³-hybridized carbons (Fsp3) is 0.400. The number of carbonyl (C=O) groups is 1. The quantitative estimate of drug-likeness (QED) is 0.569. The Bertz CT molecular complexity index is 630. The van der Waals surface area contributed by atoms with E-state index in [4.69, 9.17) is 0 Å². The first-order valence-electron chi connectivity index (χ1n) is 6.92. The van der Waals surface area contributed by atoms with Gasteiger partial charge in [-0.05, 0) is 25.2 Å². The molecule has 1 heterocycles. The number of hydrogen-bond acceptors (Lipinski definition) is 3. The van der Waals surface area contributed by atoms with Crippen LogP contribution in [-0.4, -0.2) is 20.8 Å². The maximum Gasteiger partial charge on any atom is 0.262 e. The second-order valence-corrected chi connectivity index (χ2v) is 5.79. The van der Waals surface area contributed by atoms with Crippen LogP contribution in [0.4, 0.5) is 0 Å². The molecule has 1 aromatic heterocycles. The second-order valence-electron chi connectivity index (χ2n) is 5.79. The number of allylic oxidation sites excluding steroid dienone is 3. The minimum absolute atomic E-state index is 0.0416. The number of amides is 1. The van der Waals surface area contributed by atoms with Crippen LogP contribution in [0.1, 0.15) is 36.3 Å². The molecule has 1 amide bonds. The Kier molecular flexibility index (Phi) is 2.14. The van der Waals surface area contributed by atoms with Crippen molar-refractivity contribution >= 4 is 5.91 Å². The van der Waals surface area contributed by atoms with Crippen LogP contribution in [0.15, 0.2) is 24.3 Å². The van der Waals surface area contributed by atoms with Crippen molar-refractivity contribution < 1.29 is 15.0 Å². The van der Waals surface area contributed by atoms with E-state index in [1.165, 1.54) is 6.08 Å². The maximum absolute atomic E-state index is 11.6. The third kappa shape index (κ3) is 1.30. The first-order valence-corrected chi connectivity index (χ1v) is 6.92. The number of nitrogens with one attached hydrogen (secondary N) is 1. The van der Waals surface area contributed by atoms with E-state index >= 15 is 0 Å². The zero-order chi connectivity index (χ0) is 14.0. The van der Waals surface area contributed by atoms with Gasteiger partial charge in [0, 0.05) is 29.0 Å². The highest BCUT2D eigenvalue weighted by Gasteiger charge is 2.57. The number of aromatic hydroxyl groups is 2. The van der Waals surface area contributed by atoms with Crippen LogP contribution < -0.4 is 5.43 Å². The molecule has 1 saturated carbocycles. The maximum atomic E-state index is 11.6. The Labute approximate surface area is 116 Å². The summed E-state index contributed by atoms with van der Waals surface area (Å²) in [5.74, 6) is 1.06. The molecule has 3 N–H and O–H groups in total. The minimum Gasteiger partial charge on any atom is -0.493 e. The third-order valence-corrected chi connectivity index (χ3v) is 4.74. The molecule has 0 radical (unpaired) electrons. The van der Waals surface area contributed by atoms with Gasteiger partial charge in [0.05, 0.1) is 0 Å². The third-order valence-electron chi connectivity index (χ3n) is 4.74. The second kappa shape index (κ2) is 3.69. The van der Waals surface area contributed by atoms with Gasteiger partial charge in [-0.1, -0.05) is 18.2 Å². The van der Waals surface area contributed by atoms with Gasteiger partial charge in [-0.15, -0.1) is 0 Å². The number of nitrogens with zero attached hydrogens (tertiary/aromatic N) is 1. The molecular formula is C15H16N2O3. The van der Waals surface area contributed by atoms with Gasteiger partial charge in [0.25, 0.3) is 5.91 Å². The Morgan fingerprint density at radius 1 is 1.25 bits per heavy atom. The highest BCUT2D eigenvalue weighted by Crippen LogP contribution is 2.67. The van der Waals surface area contributed by atoms with Crippen LogP contribution in [0.2, 0.25) is 0 Å². The minimum atomic E-state index is -0.379. The first kappa shape index (κ1) is 11.6. The van der Waals surface area contributed by atoms with Crippen molar-refractivity contribution in [2.45, 2.75) is 25.2 Å². The Morgan fingerprint density at radius 2 is 1.80 bits per heavy atom. The highest BCUT2D eigenvalue weighted by atomic mass is 16.3. The largest absolute Gasteiger partial charge is 0.493 e. The van der Waals surface area contributed by atoms with Crippen molar-refractivity contribution in [3.8, 4) is 11.8 Å². The van der Waals surface area contributed by atoms with Gasteiger partial charge in [-0.2, -0.15) is 4.68 Å². The van der Waals surface area contributed by atoms with Gasteiger partial charge in [-0.3, -0.25) is 10.2 Å². The zero-order valence-electron chi connectivity index (χ0n) is 11.1. The van der Waals surface area contributed by atoms with Gasteiger partial charge < -0.3 is 10.2 Å². The van der Waals surface area contributed by atoms with Crippen molar-refractivity contribution in [3.05, 3.63) is 35.4 Å². The molecule has 0 saturated heterocycles. The van der Waals surface area contributed by atoms with E-state index in [0.29, 0.717) is 11.8 Å². The molecule has 104 valence electrons. The summed E-state index contributed by atoms with van der Waals surface area (Å²) in [6, 6.07) is 0. The molecule has 5 heteroatoms. The number of rotatable bonds is 2. The summed E-state index contributed by atoms with van der Waals surface area (Å²) in [6.07, 6.45) is 8.35. The van der Waals surface area contributed by atoms with Crippen molar-refractivity contribution in [2.24, 2.45) is 11.8 Å². The molecule has 20 heavy (non-hydrogen) atoms. The van der Waals surface area contributed by atoms with Gasteiger partial charge >= 0.3 is 0 Å². The van der Waals surface area contributed by atoms with Crippen molar-refractivity contribution in [1.29, 1.82) is 0 Å². The van der Waals surface area contributed by atoms with Gasteiger partial charge in [0.2, 0.25) is 11.8 Å². The summed E-state index contributed by atoms with van der Waals surface area (Å²) in [5, 5.41) is 20.7. The van der Waals surface area contributed by atoms with E-state index in [1.807, 2.05) is 0 Å². The first-order chi connectivity index (χ1) is 9.63. The molecule has 4 atom stereocenters. The van der Waals surface area contributed by atoms with E-state index in [-0.39, 0.29) is 29.5 Å². The molecule has 0 aliphatic heterocycles. The summed E-state index contributed by atoms with van der Waals surface area (Å²) in [6.45, 7) is 1.73. The number of aromatic nitrogens is 1. The van der Waals surface area contributed by atoms with E-state index in [0.717, 1.165) is 22.2 Å². The Hall–Kier alpha value is -2.17. The molecule has 0 aromatic carbocycles. The molecule has 1 aromatic rings. The topological polar surface area (TPSA) is 74.5 Å². The lowest BCUT2D eigenvalue weighted by molar-refractivity contribution is -0.112. The average Bonchev–Trinajstić information content (AvgIpc) is 3.21. The van der Waals surface area contributed by atoms with Crippen LogP contribution in [0.5, 0.6) is 11.8 Å². The number of carbonyl (C=O) groups excluding carboxylic acids is 1. The highest BCUT2D eigenvalue weighted by molar-refractivity contribution is 5.94. The predicted octanol–water partition coefficient (Wildman–Crippen LogP) is 1.93. The Balaban J connectivity index is 1.80. The Morgan fingerprint density at radius 3 is 2.30 bits per heavy atom. The van der Waals surface area contributed by atoms with Crippen molar-refractivity contribution in [1.82, 2.24) is 4.68 Å². The summed E-state index contributed by atoms with van der Waals surface area (Å²) >= 11 is 0. The van der Waals surface area contributed by atoms with Crippen LogP contribution in [0.3, 0.4) is 0 Å². The molecule has 4 unspecified atom stereocenters. The zero-order valence-corrected chi connectivity index (χ0v) is 11.1. The van der Waals surface area contributed by atoms with Crippen LogP contribution >= 0.6 is 0 Å². The smallest absolute Gasteiger partial charge is 0.262 e. The van der Waals surface area contributed by atoms with Crippen molar-refractivity contribution in [2.75, 3.05) is 5.43 Å². The molecule has 5 nitrogen and oxygen atoms in total. The lowest BCUT2D eigenvalue weighted by Gasteiger charge is -2.29. The fourth-order valence-corrected chi connectivity index (χ4v) is 3.85. The average molecular weight is 272 g/mol. The van der Waals surface area contributed by atoms with Crippen LogP contribution in [-0.2, 0) is 4.79 Å². The van der Waals surface area contributed by atoms with Gasteiger partial charge in [0.1, 0.15) is 0 Å². The van der Waals surface area contributed by atoms with Crippen molar-refractivity contribution in [3.63, 3.8) is 0 Å². The summed E-state index contributed by atoms with van der Waals surface area (Å²) in [5.41, 5.74) is 4.07. The lowest BCUT2D eigenvalue weighted by atomic mass is 9.73. The molecule has 4 aliphatic rings. The molecule has 0 spiro atoms. The van der Waals surface area contributed by atoms with Gasteiger partial charge in [0.15, 0.2) is 0 Å². The van der Waals surface area contributed by atoms with E-state index in [9.17, 15) is 15.0 Å². The molecule has 5 rings (SSSR count). The molecule has 1 fully saturated rings. The SMILES string of the molecule is C/C=C/C(=O)Nn1c(O)c2c(c1O)C1C=CC2C2CC12. The fourth-order valence-electron chi connectivity index (χ4n) is 3.85. The summed E-state index contributed by atoms with van der Waals surface area (Å²) < 4.78 is 1.10. The molecule has 4 aliphatic carbocycles. The van der Waals surface area contributed by atoms with Crippen LogP contribution in [0, 0.1) is 11.8 Å². The summed E-state index contributed by atoms with van der Waals surface area (Å²) in [4.78, 5) is 11.6. The lowest BCUT2D eigenvalue weighted by Crippen LogP contribution is -2.20. The van der Waals surface area contributed by atoms with Gasteiger partial charge in [-0.25, -0.2) is 0 Å². The van der Waals surface area contributed by atoms with E-state index in [2.05, 4.69) is 17.6 Å². The predicted molar refractivity (Wildman–Crippen MR) is 73.2 cm³/mol. The van der Waals surface area contributed by atoms with E-state index < -0.39 is 0 Å². The van der Waals surface area contributed by atoms with E-state index in [1.54, 1.807) is 13.0 Å².